The summed E-state index contributed by atoms with van der Waals surface area (Å²) in [6.45, 7) is 3.97. The van der Waals surface area contributed by atoms with Crippen LogP contribution < -0.4 is 5.32 Å². The Morgan fingerprint density at radius 2 is 1.46 bits per heavy atom. The van der Waals surface area contributed by atoms with E-state index in [0.717, 1.165) is 12.8 Å². The minimum Gasteiger partial charge on any atom is -0.422 e. The summed E-state index contributed by atoms with van der Waals surface area (Å²) in [5.41, 5.74) is -1.77. The minimum absolute atomic E-state index is 0.0327. The first-order chi connectivity index (χ1) is 11.2. The number of hydrogen-bond acceptors (Lipinski definition) is 2. The lowest BCUT2D eigenvalue weighted by molar-refractivity contribution is 0.0586. The van der Waals surface area contributed by atoms with Gasteiger partial charge in [-0.1, -0.05) is 13.8 Å². The molecule has 3 nitrogen and oxygen atoms in total. The lowest BCUT2D eigenvalue weighted by Gasteiger charge is -2.31. The molecule has 0 spiro atoms. The maximum Gasteiger partial charge on any atom is 0.257 e. The predicted molar refractivity (Wildman–Crippen MR) is 82.1 cm³/mol. The number of carbonyl (C=O) groups excluding carboxylic acids is 1. The predicted octanol–water partition coefficient (Wildman–Crippen LogP) is 2.75. The topological polar surface area (TPSA) is 38.3 Å². The number of carbonyl (C=O) groups is 1. The molecule has 0 saturated heterocycles. The van der Waals surface area contributed by atoms with Crippen molar-refractivity contribution in [3.05, 3.63) is 34.6 Å². The Labute approximate surface area is 140 Å². The number of hydrogen-bond donors (Lipinski definition) is 1. The summed E-state index contributed by atoms with van der Waals surface area (Å²) >= 11 is 0. The quantitative estimate of drug-likeness (QED) is 0.252. The van der Waals surface area contributed by atoms with Gasteiger partial charge in [0.25, 0.3) is 5.91 Å². The normalized spacial score (nSPS) is 11.8. The number of amides is 1. The number of halogens is 5. The molecule has 1 aromatic rings. The van der Waals surface area contributed by atoms with Gasteiger partial charge in [0, 0.05) is 6.54 Å². The van der Waals surface area contributed by atoms with E-state index in [2.05, 4.69) is 5.32 Å². The van der Waals surface area contributed by atoms with E-state index in [1.54, 1.807) is 0 Å². The summed E-state index contributed by atoms with van der Waals surface area (Å²) in [5.74, 6) is -12.2. The Bertz CT molecular complexity index is 571. The van der Waals surface area contributed by atoms with Crippen molar-refractivity contribution in [1.29, 1.82) is 0 Å². The van der Waals surface area contributed by atoms with Crippen molar-refractivity contribution < 1.29 is 31.2 Å². The van der Waals surface area contributed by atoms with E-state index < -0.39 is 40.6 Å². The second-order valence-electron chi connectivity index (χ2n) is 5.40. The van der Waals surface area contributed by atoms with Gasteiger partial charge < -0.3 is 9.74 Å². The molecular weight excluding hydrogens is 349 g/mol. The Balaban J connectivity index is 2.77. The van der Waals surface area contributed by atoms with Crippen LogP contribution in [0.25, 0.3) is 0 Å². The fourth-order valence-electron chi connectivity index (χ4n) is 2.50. The van der Waals surface area contributed by atoms with Crippen molar-refractivity contribution in [1.82, 2.24) is 5.32 Å². The van der Waals surface area contributed by atoms with Crippen LogP contribution in [0.3, 0.4) is 0 Å². The summed E-state index contributed by atoms with van der Waals surface area (Å²) in [7, 11) is 0.549. The first kappa shape index (κ1) is 20.6. The highest BCUT2D eigenvalue weighted by molar-refractivity contribution is 5.98. The summed E-state index contributed by atoms with van der Waals surface area (Å²) in [4.78, 5) is 11.8. The highest BCUT2D eigenvalue weighted by Gasteiger charge is 2.30. The van der Waals surface area contributed by atoms with Crippen LogP contribution in [0, 0.1) is 29.1 Å². The van der Waals surface area contributed by atoms with Gasteiger partial charge in [0.05, 0.1) is 5.60 Å². The Morgan fingerprint density at radius 1 is 1.00 bits per heavy atom. The Morgan fingerprint density at radius 3 is 1.88 bits per heavy atom. The van der Waals surface area contributed by atoms with Crippen molar-refractivity contribution in [2.75, 3.05) is 6.54 Å². The Kier molecular flexibility index (Phi) is 7.34. The molecule has 24 heavy (non-hydrogen) atoms. The molecule has 0 atom stereocenters. The lowest BCUT2D eigenvalue weighted by Crippen LogP contribution is -2.33. The zero-order valence-electron chi connectivity index (χ0n) is 13.7. The average molecular weight is 369 g/mol. The van der Waals surface area contributed by atoms with Crippen molar-refractivity contribution in [2.24, 2.45) is 0 Å². The maximum atomic E-state index is 13.5. The zero-order chi connectivity index (χ0) is 18.5. The van der Waals surface area contributed by atoms with Crippen LogP contribution in [0.15, 0.2) is 0 Å². The van der Waals surface area contributed by atoms with Crippen molar-refractivity contribution in [2.45, 2.75) is 45.1 Å². The van der Waals surface area contributed by atoms with Crippen molar-refractivity contribution >= 4 is 16.4 Å². The molecule has 1 N–H and O–H groups in total. The molecule has 1 aromatic carbocycles. The van der Waals surface area contributed by atoms with Gasteiger partial charge in [-0.2, -0.15) is 0 Å². The fourth-order valence-corrected chi connectivity index (χ4v) is 3.28. The van der Waals surface area contributed by atoms with Gasteiger partial charge in [0.2, 0.25) is 5.82 Å². The summed E-state index contributed by atoms with van der Waals surface area (Å²) in [6, 6.07) is 0. The number of benzene rings is 1. The van der Waals surface area contributed by atoms with E-state index in [1.165, 1.54) is 0 Å². The van der Waals surface area contributed by atoms with Crippen LogP contribution in [0.4, 0.5) is 22.0 Å². The molecule has 0 aromatic heterocycles. The molecule has 0 aliphatic carbocycles. The van der Waals surface area contributed by atoms with Crippen molar-refractivity contribution in [3.8, 4) is 0 Å². The molecule has 0 saturated carbocycles. The summed E-state index contributed by atoms with van der Waals surface area (Å²) < 4.78 is 71.7. The number of rotatable bonds is 8. The van der Waals surface area contributed by atoms with Gasteiger partial charge >= 0.3 is 0 Å². The van der Waals surface area contributed by atoms with Gasteiger partial charge in [0.1, 0.15) is 16.0 Å². The van der Waals surface area contributed by atoms with E-state index in [0.29, 0.717) is 23.3 Å². The molecule has 0 heterocycles. The van der Waals surface area contributed by atoms with Crippen LogP contribution >= 0.6 is 0 Å². The largest absolute Gasteiger partial charge is 0.422 e. The maximum absolute atomic E-state index is 13.5. The van der Waals surface area contributed by atoms with Crippen LogP contribution in [-0.2, 0) is 4.43 Å². The van der Waals surface area contributed by atoms with Gasteiger partial charge in [-0.3, -0.25) is 4.79 Å². The van der Waals surface area contributed by atoms with E-state index >= 15 is 0 Å². The smallest absolute Gasteiger partial charge is 0.257 e. The first-order valence-corrected chi connectivity index (χ1v) is 8.41. The van der Waals surface area contributed by atoms with E-state index in [-0.39, 0.29) is 12.1 Å². The van der Waals surface area contributed by atoms with Crippen molar-refractivity contribution in [3.63, 3.8) is 0 Å². The zero-order valence-corrected chi connectivity index (χ0v) is 15.7. The third kappa shape index (κ3) is 4.13. The monoisotopic (exact) mass is 369 g/mol. The molecular formula is C15H20F5NO2Si. The van der Waals surface area contributed by atoms with Crippen LogP contribution in [0.2, 0.25) is 0 Å². The van der Waals surface area contributed by atoms with Gasteiger partial charge in [-0.15, -0.1) is 0 Å². The molecule has 0 fully saturated rings. The highest BCUT2D eigenvalue weighted by atomic mass is 28.2. The number of nitrogens with one attached hydrogen (secondary N) is 1. The second-order valence-corrected chi connectivity index (χ2v) is 5.81. The van der Waals surface area contributed by atoms with E-state index in [9.17, 15) is 26.7 Å². The first-order valence-electron chi connectivity index (χ1n) is 7.59. The van der Waals surface area contributed by atoms with Crippen LogP contribution in [0.1, 0.15) is 49.9 Å². The fraction of sp³-hybridized carbons (Fsp3) is 0.533. The molecule has 0 bridgehead atoms. The van der Waals surface area contributed by atoms with E-state index in [4.69, 9.17) is 4.43 Å². The molecule has 0 unspecified atom stereocenters. The molecule has 0 radical (unpaired) electrons. The SMILES string of the molecule is CCC(CC)(CCCNC(=O)c1c(F)c(F)c(F)c(F)c1F)O[SiH3]. The third-order valence-electron chi connectivity index (χ3n) is 4.25. The van der Waals surface area contributed by atoms with E-state index in [1.807, 2.05) is 13.8 Å². The molecule has 1 rings (SSSR count). The third-order valence-corrected chi connectivity index (χ3v) is 5.12. The average Bonchev–Trinajstić information content (AvgIpc) is 2.59. The molecule has 136 valence electrons. The van der Waals surface area contributed by atoms with Gasteiger partial charge in [0.15, 0.2) is 23.3 Å². The molecule has 9 heteroatoms. The molecule has 1 amide bonds. The molecule has 0 aliphatic heterocycles. The molecule has 0 aliphatic rings. The minimum atomic E-state index is -2.29. The highest BCUT2D eigenvalue weighted by Crippen LogP contribution is 2.25. The van der Waals surface area contributed by atoms with Crippen LogP contribution in [-0.4, -0.2) is 28.5 Å². The van der Waals surface area contributed by atoms with Crippen LogP contribution in [0.5, 0.6) is 0 Å². The second kappa shape index (κ2) is 8.57. The summed E-state index contributed by atoms with van der Waals surface area (Å²) in [5, 5.41) is 2.18. The van der Waals surface area contributed by atoms with Gasteiger partial charge in [-0.05, 0) is 25.7 Å². The van der Waals surface area contributed by atoms with Gasteiger partial charge in [-0.25, -0.2) is 22.0 Å². The lowest BCUT2D eigenvalue weighted by atomic mass is 9.92. The Hall–Kier alpha value is -1.48. The summed E-state index contributed by atoms with van der Waals surface area (Å²) in [6.07, 6.45) is 2.61. The standard InChI is InChI=1S/C15H20F5NO2Si/c1-3-15(4-2,23-24)6-5-7-21-14(22)8-9(16)11(18)13(20)12(19)10(8)17/h3-7H2,1-2,24H3,(H,21,22).